The van der Waals surface area contributed by atoms with Crippen molar-refractivity contribution in [1.29, 1.82) is 0 Å². The lowest BCUT2D eigenvalue weighted by Crippen LogP contribution is -2.45. The van der Waals surface area contributed by atoms with Gasteiger partial charge in [-0.15, -0.1) is 0 Å². The van der Waals surface area contributed by atoms with Crippen molar-refractivity contribution < 1.29 is 4.79 Å². The largest absolute Gasteiger partial charge is 0.300 e. The van der Waals surface area contributed by atoms with E-state index in [0.29, 0.717) is 18.6 Å². The third-order valence-electron chi connectivity index (χ3n) is 4.13. The molecule has 0 radical (unpaired) electrons. The fraction of sp³-hybridized carbons (Fsp3) is 0.286. The van der Waals surface area contributed by atoms with Gasteiger partial charge in [-0.05, 0) is 30.5 Å². The topological polar surface area (TPSA) is 29.1 Å². The molecule has 0 bridgehead atoms. The van der Waals surface area contributed by atoms with Crippen LogP contribution in [-0.2, 0) is 11.2 Å². The lowest BCUT2D eigenvalue weighted by Gasteiger charge is -2.27. The molecule has 1 aliphatic rings. The van der Waals surface area contributed by atoms with Gasteiger partial charge in [0.15, 0.2) is 0 Å². The molecule has 1 N–H and O–H groups in total. The summed E-state index contributed by atoms with van der Waals surface area (Å²) in [5.74, 6) is 6.69. The van der Waals surface area contributed by atoms with Crippen LogP contribution >= 0.6 is 0 Å². The standard InChI is InChI=1S/C21H21NO/c23-21-15-19(13-11-17-7-3-1-4-8-17)22-20(16-21)14-12-18-9-5-2-6-10-18/h1-10,19-20,22H,11,13,15-16H2/t19-,20+/m1/s1. The Balaban J connectivity index is 1.59. The molecule has 2 aromatic carbocycles. The summed E-state index contributed by atoms with van der Waals surface area (Å²) in [5.41, 5.74) is 2.31. The van der Waals surface area contributed by atoms with E-state index in [0.717, 1.165) is 18.4 Å². The van der Waals surface area contributed by atoms with Crippen molar-refractivity contribution in [2.75, 3.05) is 0 Å². The van der Waals surface area contributed by atoms with Gasteiger partial charge >= 0.3 is 0 Å². The number of benzene rings is 2. The highest BCUT2D eigenvalue weighted by Gasteiger charge is 2.24. The molecule has 0 saturated carbocycles. The predicted molar refractivity (Wildman–Crippen MR) is 93.0 cm³/mol. The van der Waals surface area contributed by atoms with Gasteiger partial charge in [0.05, 0.1) is 6.04 Å². The van der Waals surface area contributed by atoms with Gasteiger partial charge < -0.3 is 5.32 Å². The first-order valence-electron chi connectivity index (χ1n) is 8.18. The van der Waals surface area contributed by atoms with E-state index in [2.05, 4.69) is 41.4 Å². The lowest BCUT2D eigenvalue weighted by atomic mass is 9.93. The number of hydrogen-bond acceptors (Lipinski definition) is 2. The maximum Gasteiger partial charge on any atom is 0.137 e. The number of nitrogens with one attached hydrogen (secondary N) is 1. The SMILES string of the molecule is O=C1C[C@@H](CCc2ccccc2)N[C@@H](C#Cc2ccccc2)C1. The van der Waals surface area contributed by atoms with E-state index >= 15 is 0 Å². The van der Waals surface area contributed by atoms with E-state index in [4.69, 9.17) is 0 Å². The number of rotatable bonds is 3. The van der Waals surface area contributed by atoms with Gasteiger partial charge in [-0.2, -0.15) is 0 Å². The fourth-order valence-corrected chi connectivity index (χ4v) is 2.94. The Kier molecular flexibility index (Phi) is 5.24. The van der Waals surface area contributed by atoms with Crippen LogP contribution in [0.4, 0.5) is 0 Å². The highest BCUT2D eigenvalue weighted by atomic mass is 16.1. The van der Waals surface area contributed by atoms with E-state index in [9.17, 15) is 4.79 Å². The van der Waals surface area contributed by atoms with Gasteiger partial charge in [-0.25, -0.2) is 0 Å². The van der Waals surface area contributed by atoms with Crippen molar-refractivity contribution in [1.82, 2.24) is 5.32 Å². The first-order valence-corrected chi connectivity index (χ1v) is 8.18. The summed E-state index contributed by atoms with van der Waals surface area (Å²) in [4.78, 5) is 12.0. The van der Waals surface area contributed by atoms with Gasteiger partial charge in [0, 0.05) is 24.4 Å². The molecule has 0 aromatic heterocycles. The minimum atomic E-state index is -0.0303. The predicted octanol–water partition coefficient (Wildman–Crippen LogP) is 3.36. The number of ketones is 1. The second-order valence-corrected chi connectivity index (χ2v) is 6.02. The Labute approximate surface area is 137 Å². The molecule has 1 aliphatic heterocycles. The van der Waals surface area contributed by atoms with Gasteiger partial charge in [-0.3, -0.25) is 4.79 Å². The van der Waals surface area contributed by atoms with E-state index in [1.54, 1.807) is 0 Å². The Hall–Kier alpha value is -2.37. The van der Waals surface area contributed by atoms with Crippen molar-refractivity contribution in [2.24, 2.45) is 0 Å². The summed E-state index contributed by atoms with van der Waals surface area (Å²) in [6, 6.07) is 20.5. The van der Waals surface area contributed by atoms with Crippen LogP contribution in [0.5, 0.6) is 0 Å². The van der Waals surface area contributed by atoms with Crippen molar-refractivity contribution in [3.8, 4) is 11.8 Å². The van der Waals surface area contributed by atoms with Gasteiger partial charge in [-0.1, -0.05) is 60.4 Å². The van der Waals surface area contributed by atoms with Crippen molar-refractivity contribution in [3.05, 3.63) is 71.8 Å². The van der Waals surface area contributed by atoms with Crippen LogP contribution in [0, 0.1) is 11.8 Å². The molecule has 3 rings (SSSR count). The molecule has 1 saturated heterocycles. The van der Waals surface area contributed by atoms with E-state index < -0.39 is 0 Å². The molecule has 2 heteroatoms. The molecule has 0 spiro atoms. The number of Topliss-reactive ketones (excluding diaryl/α,β-unsaturated/α-hetero) is 1. The van der Waals surface area contributed by atoms with Crippen molar-refractivity contribution >= 4 is 5.78 Å². The number of piperidine rings is 1. The summed E-state index contributed by atoms with van der Waals surface area (Å²) in [6.45, 7) is 0. The zero-order chi connectivity index (χ0) is 15.9. The van der Waals surface area contributed by atoms with Crippen LogP contribution in [0.15, 0.2) is 60.7 Å². The second kappa shape index (κ2) is 7.76. The van der Waals surface area contributed by atoms with Crippen LogP contribution in [0.3, 0.4) is 0 Å². The van der Waals surface area contributed by atoms with Crippen LogP contribution in [0.25, 0.3) is 0 Å². The third kappa shape index (κ3) is 4.81. The quantitative estimate of drug-likeness (QED) is 0.881. The zero-order valence-corrected chi connectivity index (χ0v) is 13.2. The number of carbonyl (C=O) groups is 1. The van der Waals surface area contributed by atoms with E-state index in [1.165, 1.54) is 5.56 Å². The minimum absolute atomic E-state index is 0.0303. The molecule has 2 nitrogen and oxygen atoms in total. The monoisotopic (exact) mass is 303 g/mol. The van der Waals surface area contributed by atoms with E-state index in [-0.39, 0.29) is 12.1 Å². The van der Waals surface area contributed by atoms with Crippen LogP contribution < -0.4 is 5.32 Å². The fourth-order valence-electron chi connectivity index (χ4n) is 2.94. The summed E-state index contributed by atoms with van der Waals surface area (Å²) >= 11 is 0. The average molecular weight is 303 g/mol. The zero-order valence-electron chi connectivity index (χ0n) is 13.2. The molecule has 2 atom stereocenters. The Morgan fingerprint density at radius 2 is 1.65 bits per heavy atom. The Morgan fingerprint density at radius 3 is 2.39 bits per heavy atom. The van der Waals surface area contributed by atoms with Gasteiger partial charge in [0.1, 0.15) is 5.78 Å². The first-order chi connectivity index (χ1) is 11.3. The summed E-state index contributed by atoms with van der Waals surface area (Å²) in [5, 5.41) is 3.53. The number of carbonyl (C=O) groups excluding carboxylic acids is 1. The van der Waals surface area contributed by atoms with Gasteiger partial charge in [0.2, 0.25) is 0 Å². The summed E-state index contributed by atoms with van der Waals surface area (Å²) < 4.78 is 0. The van der Waals surface area contributed by atoms with Crippen LogP contribution in [0.1, 0.15) is 30.4 Å². The average Bonchev–Trinajstić information content (AvgIpc) is 2.60. The van der Waals surface area contributed by atoms with E-state index in [1.807, 2.05) is 36.4 Å². The van der Waals surface area contributed by atoms with Crippen LogP contribution in [-0.4, -0.2) is 17.9 Å². The Bertz CT molecular complexity index is 697. The molecule has 1 heterocycles. The first kappa shape index (κ1) is 15.5. The molecule has 116 valence electrons. The normalized spacial score (nSPS) is 20.6. The third-order valence-corrected chi connectivity index (χ3v) is 4.13. The molecule has 1 fully saturated rings. The summed E-state index contributed by atoms with van der Waals surface area (Å²) in [6.07, 6.45) is 3.10. The molecule has 0 unspecified atom stereocenters. The minimum Gasteiger partial charge on any atom is -0.300 e. The molecule has 23 heavy (non-hydrogen) atoms. The molecule has 0 amide bonds. The second-order valence-electron chi connectivity index (χ2n) is 6.02. The maximum atomic E-state index is 12.0. The lowest BCUT2D eigenvalue weighted by molar-refractivity contribution is -0.121. The number of aryl methyl sites for hydroxylation is 1. The molecular formula is C21H21NO. The van der Waals surface area contributed by atoms with Crippen molar-refractivity contribution in [2.45, 2.75) is 37.8 Å². The highest BCUT2D eigenvalue weighted by Crippen LogP contribution is 2.15. The van der Waals surface area contributed by atoms with Crippen LogP contribution in [0.2, 0.25) is 0 Å². The summed E-state index contributed by atoms with van der Waals surface area (Å²) in [7, 11) is 0. The maximum absolute atomic E-state index is 12.0. The smallest absolute Gasteiger partial charge is 0.137 e. The van der Waals surface area contributed by atoms with Gasteiger partial charge in [0.25, 0.3) is 0 Å². The highest BCUT2D eigenvalue weighted by molar-refractivity contribution is 5.81. The molecule has 0 aliphatic carbocycles. The molecular weight excluding hydrogens is 282 g/mol. The molecule has 2 aromatic rings. The Morgan fingerprint density at radius 1 is 0.957 bits per heavy atom. The van der Waals surface area contributed by atoms with Crippen molar-refractivity contribution in [3.63, 3.8) is 0 Å². The number of hydrogen-bond donors (Lipinski definition) is 1.